The highest BCUT2D eigenvalue weighted by Crippen LogP contribution is 2.32. The number of hydrogen-bond donors (Lipinski definition) is 0. The Kier molecular flexibility index (Phi) is 19.0. The molecule has 1 heteroatoms. The normalized spacial score (nSPS) is 18.5. The molecule has 166 valence electrons. The first-order valence-corrected chi connectivity index (χ1v) is 13.9. The quantitative estimate of drug-likeness (QED) is 0.193. The van der Waals surface area contributed by atoms with Gasteiger partial charge in [0.1, 0.15) is 7.28 Å². The third-order valence-electron chi connectivity index (χ3n) is 7.32. The molecule has 0 aliphatic heterocycles. The van der Waals surface area contributed by atoms with Gasteiger partial charge in [-0.2, -0.15) is 0 Å². The first kappa shape index (κ1) is 26.1. The Balaban J connectivity index is 2.37. The van der Waals surface area contributed by atoms with Gasteiger partial charge in [0.2, 0.25) is 0 Å². The van der Waals surface area contributed by atoms with E-state index >= 15 is 0 Å². The summed E-state index contributed by atoms with van der Waals surface area (Å²) < 4.78 is 0. The van der Waals surface area contributed by atoms with Crippen LogP contribution in [-0.4, -0.2) is 7.28 Å². The predicted octanol–water partition coefficient (Wildman–Crippen LogP) is 10.0. The SMILES string of the molecule is CCCCCCCCC(BC1CCCCCCCCCC1)CCCCCCC. The lowest BCUT2D eigenvalue weighted by molar-refractivity contribution is 0.522. The second kappa shape index (κ2) is 20.3. The monoisotopic (exact) mass is 390 g/mol. The molecule has 0 saturated heterocycles. The predicted molar refractivity (Wildman–Crippen MR) is 132 cm³/mol. The average molecular weight is 391 g/mol. The lowest BCUT2D eigenvalue weighted by atomic mass is 9.50. The van der Waals surface area contributed by atoms with Gasteiger partial charge >= 0.3 is 0 Å². The summed E-state index contributed by atoms with van der Waals surface area (Å²) in [5.41, 5.74) is 0. The van der Waals surface area contributed by atoms with Crippen LogP contribution in [0.5, 0.6) is 0 Å². The summed E-state index contributed by atoms with van der Waals surface area (Å²) in [5, 5.41) is 0. The van der Waals surface area contributed by atoms with Crippen molar-refractivity contribution in [2.75, 3.05) is 0 Å². The van der Waals surface area contributed by atoms with Crippen molar-refractivity contribution in [3.8, 4) is 0 Å². The molecule has 0 radical (unpaired) electrons. The van der Waals surface area contributed by atoms with E-state index < -0.39 is 0 Å². The second-order valence-corrected chi connectivity index (χ2v) is 10.1. The fraction of sp³-hybridized carbons (Fsp3) is 1.00. The van der Waals surface area contributed by atoms with E-state index in [1.54, 1.807) is 20.1 Å². The summed E-state index contributed by atoms with van der Waals surface area (Å²) in [6.45, 7) is 4.67. The molecule has 1 aliphatic rings. The zero-order chi connectivity index (χ0) is 20.1. The van der Waals surface area contributed by atoms with Crippen LogP contribution in [0.3, 0.4) is 0 Å². The van der Waals surface area contributed by atoms with E-state index in [1.165, 1.54) is 135 Å². The van der Waals surface area contributed by atoms with E-state index in [9.17, 15) is 0 Å². The molecule has 28 heavy (non-hydrogen) atoms. The highest BCUT2D eigenvalue weighted by atomic mass is 14.1. The van der Waals surface area contributed by atoms with E-state index in [2.05, 4.69) is 13.8 Å². The molecule has 1 aliphatic carbocycles. The van der Waals surface area contributed by atoms with Gasteiger partial charge in [0, 0.05) is 0 Å². The summed E-state index contributed by atoms with van der Waals surface area (Å²) in [7, 11) is 1.57. The number of unbranched alkanes of at least 4 members (excludes halogenated alkanes) is 9. The van der Waals surface area contributed by atoms with Gasteiger partial charge in [-0.05, 0) is 0 Å². The van der Waals surface area contributed by atoms with Crippen molar-refractivity contribution >= 4 is 7.28 Å². The van der Waals surface area contributed by atoms with Crippen LogP contribution in [0.15, 0.2) is 0 Å². The fourth-order valence-corrected chi connectivity index (χ4v) is 5.41. The molecule has 0 N–H and O–H groups in total. The molecule has 1 unspecified atom stereocenters. The first-order chi connectivity index (χ1) is 13.9. The van der Waals surface area contributed by atoms with Crippen molar-refractivity contribution in [1.29, 1.82) is 0 Å². The zero-order valence-corrected chi connectivity index (χ0v) is 20.1. The van der Waals surface area contributed by atoms with E-state index in [4.69, 9.17) is 0 Å². The summed E-state index contributed by atoms with van der Waals surface area (Å²) in [6.07, 6.45) is 34.3. The Hall–Kier alpha value is 0.0649. The average Bonchev–Trinajstić information content (AvgIpc) is 2.76. The van der Waals surface area contributed by atoms with Gasteiger partial charge in [-0.1, -0.05) is 173 Å². The minimum atomic E-state index is 1.04. The highest BCUT2D eigenvalue weighted by molar-refractivity contribution is 6.39. The van der Waals surface area contributed by atoms with Crippen LogP contribution in [0.4, 0.5) is 0 Å². The molecule has 1 atom stereocenters. The molecule has 1 saturated carbocycles. The summed E-state index contributed by atoms with van der Waals surface area (Å²) in [6, 6.07) is 0. The van der Waals surface area contributed by atoms with Crippen molar-refractivity contribution in [1.82, 2.24) is 0 Å². The summed E-state index contributed by atoms with van der Waals surface area (Å²) in [5.74, 6) is 2.10. The maximum Gasteiger partial charge on any atom is 0.127 e. The Bertz CT molecular complexity index is 289. The Morgan fingerprint density at radius 3 is 1.39 bits per heavy atom. The van der Waals surface area contributed by atoms with E-state index in [0.717, 1.165) is 11.6 Å². The van der Waals surface area contributed by atoms with Gasteiger partial charge in [-0.15, -0.1) is 0 Å². The largest absolute Gasteiger partial charge is 0.127 e. The molecular weight excluding hydrogens is 335 g/mol. The molecule has 0 spiro atoms. The van der Waals surface area contributed by atoms with Crippen LogP contribution in [0, 0.1) is 0 Å². The third kappa shape index (κ3) is 15.9. The van der Waals surface area contributed by atoms with Crippen LogP contribution in [0.1, 0.15) is 162 Å². The van der Waals surface area contributed by atoms with E-state index in [1.807, 2.05) is 0 Å². The van der Waals surface area contributed by atoms with Crippen molar-refractivity contribution < 1.29 is 0 Å². The van der Waals surface area contributed by atoms with Gasteiger partial charge < -0.3 is 0 Å². The summed E-state index contributed by atoms with van der Waals surface area (Å²) >= 11 is 0. The Labute approximate surface area is 180 Å². The molecule has 0 aromatic carbocycles. The molecule has 0 aromatic heterocycles. The topological polar surface area (TPSA) is 0 Å². The lowest BCUT2D eigenvalue weighted by Crippen LogP contribution is -2.12. The standard InChI is InChI=1S/C27H55B/c1-3-5-7-9-15-19-23-26(22-18-14-8-6-4-2)28-27-24-20-16-12-10-11-13-17-21-25-27/h26-28H,3-25H2,1-2H3. The van der Waals surface area contributed by atoms with Crippen molar-refractivity contribution in [2.45, 2.75) is 173 Å². The molecule has 0 aromatic rings. The molecule has 0 heterocycles. The Morgan fingerprint density at radius 1 is 0.536 bits per heavy atom. The van der Waals surface area contributed by atoms with Crippen LogP contribution in [-0.2, 0) is 0 Å². The molecule has 0 bridgehead atoms. The van der Waals surface area contributed by atoms with Crippen LogP contribution in [0.25, 0.3) is 0 Å². The molecule has 0 amide bonds. The lowest BCUT2D eigenvalue weighted by Gasteiger charge is -2.23. The van der Waals surface area contributed by atoms with Crippen molar-refractivity contribution in [2.24, 2.45) is 0 Å². The highest BCUT2D eigenvalue weighted by Gasteiger charge is 2.18. The zero-order valence-electron chi connectivity index (χ0n) is 20.1. The maximum absolute atomic E-state index is 2.34. The maximum atomic E-state index is 2.34. The van der Waals surface area contributed by atoms with Gasteiger partial charge in [0.15, 0.2) is 0 Å². The molecular formula is C27H55B. The van der Waals surface area contributed by atoms with Gasteiger partial charge in [0.05, 0.1) is 0 Å². The smallest absolute Gasteiger partial charge is 0.0654 e. The first-order valence-electron chi connectivity index (χ1n) is 13.9. The minimum absolute atomic E-state index is 1.04. The Morgan fingerprint density at radius 2 is 0.929 bits per heavy atom. The molecule has 0 nitrogen and oxygen atoms in total. The number of hydrogen-bond acceptors (Lipinski definition) is 0. The van der Waals surface area contributed by atoms with Crippen molar-refractivity contribution in [3.05, 3.63) is 0 Å². The van der Waals surface area contributed by atoms with Crippen LogP contribution in [0.2, 0.25) is 11.6 Å². The molecule has 1 fully saturated rings. The van der Waals surface area contributed by atoms with Gasteiger partial charge in [-0.3, -0.25) is 0 Å². The fourth-order valence-electron chi connectivity index (χ4n) is 5.41. The van der Waals surface area contributed by atoms with Gasteiger partial charge in [0.25, 0.3) is 0 Å². The van der Waals surface area contributed by atoms with E-state index in [0.29, 0.717) is 0 Å². The van der Waals surface area contributed by atoms with E-state index in [-0.39, 0.29) is 0 Å². The third-order valence-corrected chi connectivity index (χ3v) is 7.32. The second-order valence-electron chi connectivity index (χ2n) is 10.1. The molecule has 1 rings (SSSR count). The summed E-state index contributed by atoms with van der Waals surface area (Å²) in [4.78, 5) is 0. The van der Waals surface area contributed by atoms with Crippen LogP contribution >= 0.6 is 0 Å². The minimum Gasteiger partial charge on any atom is -0.0654 e. The van der Waals surface area contributed by atoms with Crippen molar-refractivity contribution in [3.63, 3.8) is 0 Å². The number of rotatable bonds is 15. The van der Waals surface area contributed by atoms with Crippen LogP contribution < -0.4 is 0 Å². The van der Waals surface area contributed by atoms with Gasteiger partial charge in [-0.25, -0.2) is 0 Å².